The average molecular weight is 557 g/mol. The molecule has 1 aromatic carbocycles. The average Bonchev–Trinajstić information content (AvgIpc) is 2.93. The molecule has 0 spiro atoms. The summed E-state index contributed by atoms with van der Waals surface area (Å²) < 4.78 is 22.2. The van der Waals surface area contributed by atoms with Crippen LogP contribution in [0.2, 0.25) is 5.02 Å². The zero-order chi connectivity index (χ0) is 27.3. The van der Waals surface area contributed by atoms with Gasteiger partial charge in [0.25, 0.3) is 0 Å². The van der Waals surface area contributed by atoms with E-state index < -0.39 is 24.4 Å². The molecular weight excluding hydrogens is 516 g/mol. The highest BCUT2D eigenvalue weighted by Crippen LogP contribution is 2.28. The number of carbonyl (C=O) groups is 2. The summed E-state index contributed by atoms with van der Waals surface area (Å²) in [5.41, 5.74) is 0.810. The van der Waals surface area contributed by atoms with Gasteiger partial charge < -0.3 is 44.9 Å². The number of nitrogens with zero attached hydrogens (tertiary/aromatic N) is 1. The van der Waals surface area contributed by atoms with Crippen molar-refractivity contribution in [3.63, 3.8) is 0 Å². The zero-order valence-electron chi connectivity index (χ0n) is 22.2. The van der Waals surface area contributed by atoms with Crippen molar-refractivity contribution in [1.82, 2.24) is 20.9 Å². The number of carbonyl (C=O) groups excluding carboxylic acids is 2. The molecule has 2 heterocycles. The molecule has 2 aliphatic heterocycles. The quantitative estimate of drug-likeness (QED) is 0.287. The normalized spacial score (nSPS) is 20.8. The van der Waals surface area contributed by atoms with Crippen molar-refractivity contribution in [3.05, 3.63) is 34.9 Å². The van der Waals surface area contributed by atoms with Crippen LogP contribution < -0.4 is 16.0 Å². The summed E-state index contributed by atoms with van der Waals surface area (Å²) in [6.07, 6.45) is 0.296. The summed E-state index contributed by atoms with van der Waals surface area (Å²) >= 11 is 6.24. The van der Waals surface area contributed by atoms with E-state index in [-0.39, 0.29) is 25.2 Å². The second-order valence-electron chi connectivity index (χ2n) is 9.59. The van der Waals surface area contributed by atoms with Gasteiger partial charge in [0.05, 0.1) is 39.0 Å². The predicted molar refractivity (Wildman–Crippen MR) is 142 cm³/mol. The number of hydrogen-bond donors (Lipinski definition) is 4. The Labute approximate surface area is 229 Å². The summed E-state index contributed by atoms with van der Waals surface area (Å²) in [6.45, 7) is 3.30. The minimum absolute atomic E-state index is 0.210. The SMILES string of the molecule is CNC[C@@H](O)[C@H](CC1CCOCC1)NC(=O)N1CCO[C@@H]([C@@H](OCCNC(=O)OC)c2cccc(Cl)c2)C1. The minimum atomic E-state index is -0.714. The van der Waals surface area contributed by atoms with E-state index in [1.165, 1.54) is 7.11 Å². The standard InChI is InChI=1S/C26H41ClN4O7/c1-28-16-22(32)21(14-18-6-10-36-11-7-18)30-25(33)31-9-13-37-23(17-31)24(19-4-3-5-20(27)15-19)38-12-8-29-26(34)35-2/h3-5,15,18,21-24,28,32H,6-14,16-17H2,1-2H3,(H,29,34)(H,30,33)/t21-,22+,23+,24-/m0/s1. The fraction of sp³-hybridized carbons (Fsp3) is 0.692. The lowest BCUT2D eigenvalue weighted by molar-refractivity contribution is -0.105. The van der Waals surface area contributed by atoms with Gasteiger partial charge in [-0.25, -0.2) is 9.59 Å². The maximum atomic E-state index is 13.4. The van der Waals surface area contributed by atoms with Crippen LogP contribution in [0.25, 0.3) is 0 Å². The third-order valence-electron chi connectivity index (χ3n) is 6.86. The van der Waals surface area contributed by atoms with Gasteiger partial charge in [0.2, 0.25) is 0 Å². The Balaban J connectivity index is 1.66. The van der Waals surface area contributed by atoms with Gasteiger partial charge in [-0.15, -0.1) is 0 Å². The second kappa shape index (κ2) is 16.1. The lowest BCUT2D eigenvalue weighted by atomic mass is 9.90. The molecule has 3 amide bonds. The van der Waals surface area contributed by atoms with E-state index in [0.717, 1.165) is 18.4 Å². The molecule has 0 radical (unpaired) electrons. The lowest BCUT2D eigenvalue weighted by Gasteiger charge is -2.38. The number of aliphatic hydroxyl groups excluding tert-OH is 1. The molecule has 12 heteroatoms. The number of alkyl carbamates (subject to hydrolysis) is 1. The molecule has 0 aromatic heterocycles. The highest BCUT2D eigenvalue weighted by Gasteiger charge is 2.34. The van der Waals surface area contributed by atoms with E-state index in [1.54, 1.807) is 24.1 Å². The summed E-state index contributed by atoms with van der Waals surface area (Å²) in [7, 11) is 3.08. The van der Waals surface area contributed by atoms with E-state index in [2.05, 4.69) is 20.7 Å². The first-order chi connectivity index (χ1) is 18.4. The van der Waals surface area contributed by atoms with Crippen molar-refractivity contribution in [2.75, 3.05) is 66.8 Å². The van der Waals surface area contributed by atoms with Crippen LogP contribution in [0.3, 0.4) is 0 Å². The van der Waals surface area contributed by atoms with Crippen molar-refractivity contribution < 1.29 is 33.6 Å². The number of rotatable bonds is 12. The number of aliphatic hydroxyl groups is 1. The molecule has 2 aliphatic rings. The number of amides is 3. The molecule has 2 saturated heterocycles. The topological polar surface area (TPSA) is 131 Å². The first-order valence-corrected chi connectivity index (χ1v) is 13.5. The first-order valence-electron chi connectivity index (χ1n) is 13.2. The Morgan fingerprint density at radius 2 is 2.05 bits per heavy atom. The van der Waals surface area contributed by atoms with Crippen molar-refractivity contribution in [2.24, 2.45) is 5.92 Å². The molecule has 0 aliphatic carbocycles. The highest BCUT2D eigenvalue weighted by atomic mass is 35.5. The largest absolute Gasteiger partial charge is 0.453 e. The van der Waals surface area contributed by atoms with Crippen LogP contribution in [0.1, 0.15) is 30.9 Å². The Hall–Kier alpha value is -2.15. The van der Waals surface area contributed by atoms with E-state index in [9.17, 15) is 14.7 Å². The Kier molecular flexibility index (Phi) is 12.9. The summed E-state index contributed by atoms with van der Waals surface area (Å²) in [4.78, 5) is 26.4. The number of nitrogens with one attached hydrogen (secondary N) is 3. The number of methoxy groups -OCH3 is 1. The van der Waals surface area contributed by atoms with Gasteiger partial charge in [-0.3, -0.25) is 0 Å². The van der Waals surface area contributed by atoms with Crippen molar-refractivity contribution >= 4 is 23.7 Å². The van der Waals surface area contributed by atoms with Crippen LogP contribution >= 0.6 is 11.6 Å². The summed E-state index contributed by atoms with van der Waals surface area (Å²) in [5, 5.41) is 20.0. The van der Waals surface area contributed by atoms with Crippen LogP contribution in [0, 0.1) is 5.92 Å². The van der Waals surface area contributed by atoms with Gasteiger partial charge in [0.1, 0.15) is 12.2 Å². The van der Waals surface area contributed by atoms with E-state index >= 15 is 0 Å². The number of ether oxygens (including phenoxy) is 4. The van der Waals surface area contributed by atoms with Gasteiger partial charge in [-0.1, -0.05) is 23.7 Å². The van der Waals surface area contributed by atoms with Crippen LogP contribution in [0.15, 0.2) is 24.3 Å². The Morgan fingerprint density at radius 1 is 1.26 bits per heavy atom. The predicted octanol–water partition coefficient (Wildman–Crippen LogP) is 1.93. The molecule has 4 N–H and O–H groups in total. The molecule has 0 unspecified atom stereocenters. The number of morpholine rings is 1. The molecule has 11 nitrogen and oxygen atoms in total. The summed E-state index contributed by atoms with van der Waals surface area (Å²) in [5.74, 6) is 0.386. The maximum absolute atomic E-state index is 13.4. The van der Waals surface area contributed by atoms with Gasteiger partial charge >= 0.3 is 12.1 Å². The molecule has 1 aromatic rings. The van der Waals surface area contributed by atoms with Crippen molar-refractivity contribution in [1.29, 1.82) is 0 Å². The van der Waals surface area contributed by atoms with E-state index in [1.807, 2.05) is 12.1 Å². The third kappa shape index (κ3) is 9.55. The minimum Gasteiger partial charge on any atom is -0.453 e. The number of likely N-dealkylation sites (N-methyl/N-ethyl adjacent to an activating group) is 1. The number of halogens is 1. The molecule has 4 atom stereocenters. The first kappa shape index (κ1) is 30.4. The number of hydrogen-bond acceptors (Lipinski definition) is 8. The fourth-order valence-corrected chi connectivity index (χ4v) is 5.01. The van der Waals surface area contributed by atoms with Gasteiger partial charge in [-0.05, 0) is 49.9 Å². The highest BCUT2D eigenvalue weighted by molar-refractivity contribution is 6.30. The molecule has 3 rings (SSSR count). The van der Waals surface area contributed by atoms with Crippen molar-refractivity contribution in [3.8, 4) is 0 Å². The molecule has 0 bridgehead atoms. The number of benzene rings is 1. The third-order valence-corrected chi connectivity index (χ3v) is 7.10. The fourth-order valence-electron chi connectivity index (χ4n) is 4.81. The molecule has 214 valence electrons. The van der Waals surface area contributed by atoms with Crippen LogP contribution in [-0.4, -0.2) is 107 Å². The van der Waals surface area contributed by atoms with Gasteiger partial charge in [-0.2, -0.15) is 0 Å². The van der Waals surface area contributed by atoms with Crippen molar-refractivity contribution in [2.45, 2.75) is 43.6 Å². The smallest absolute Gasteiger partial charge is 0.406 e. The molecular formula is C26H41ClN4O7. The molecule has 2 fully saturated rings. The van der Waals surface area contributed by atoms with Gasteiger partial charge in [0, 0.05) is 37.9 Å². The lowest BCUT2D eigenvalue weighted by Crippen LogP contribution is -2.56. The number of urea groups is 1. The van der Waals surface area contributed by atoms with Crippen LogP contribution in [0.5, 0.6) is 0 Å². The van der Waals surface area contributed by atoms with E-state index in [0.29, 0.717) is 56.8 Å². The summed E-state index contributed by atoms with van der Waals surface area (Å²) in [6, 6.07) is 6.67. The molecule has 0 saturated carbocycles. The second-order valence-corrected chi connectivity index (χ2v) is 10.0. The Bertz CT molecular complexity index is 874. The Morgan fingerprint density at radius 3 is 2.76 bits per heavy atom. The van der Waals surface area contributed by atoms with E-state index in [4.69, 9.17) is 25.8 Å². The monoisotopic (exact) mass is 556 g/mol. The van der Waals surface area contributed by atoms with Crippen LogP contribution in [-0.2, 0) is 18.9 Å². The van der Waals surface area contributed by atoms with Crippen LogP contribution in [0.4, 0.5) is 9.59 Å². The van der Waals surface area contributed by atoms with Gasteiger partial charge in [0.15, 0.2) is 0 Å². The zero-order valence-corrected chi connectivity index (χ0v) is 23.0. The molecule has 38 heavy (non-hydrogen) atoms. The maximum Gasteiger partial charge on any atom is 0.406 e.